The van der Waals surface area contributed by atoms with Gasteiger partial charge >= 0.3 is 0 Å². The van der Waals surface area contributed by atoms with Gasteiger partial charge in [-0.15, -0.1) is 0 Å². The first-order chi connectivity index (χ1) is 21.8. The number of aliphatic hydroxyl groups is 1. The Balaban J connectivity index is 1.17. The van der Waals surface area contributed by atoms with Crippen LogP contribution in [0.25, 0.3) is 16.9 Å². The third kappa shape index (κ3) is 6.05. The van der Waals surface area contributed by atoms with Crippen molar-refractivity contribution in [1.82, 2.24) is 30.3 Å². The molecule has 0 radical (unpaired) electrons. The monoisotopic (exact) mass is 619 g/mol. The van der Waals surface area contributed by atoms with Gasteiger partial charge in [-0.25, -0.2) is 14.4 Å². The molecule has 2 aromatic heterocycles. The number of aryl methyl sites for hydroxylation is 1. The van der Waals surface area contributed by atoms with Gasteiger partial charge in [-0.2, -0.15) is 4.39 Å². The summed E-state index contributed by atoms with van der Waals surface area (Å²) in [5, 5.41) is 22.2. The van der Waals surface area contributed by atoms with E-state index in [-0.39, 0.29) is 35.2 Å². The lowest BCUT2D eigenvalue weighted by Crippen LogP contribution is -2.52. The average molecular weight is 620 g/mol. The van der Waals surface area contributed by atoms with Crippen LogP contribution in [0.2, 0.25) is 0 Å². The second kappa shape index (κ2) is 12.8. The molecule has 45 heavy (non-hydrogen) atoms. The van der Waals surface area contributed by atoms with E-state index >= 15 is 0 Å². The number of aromatic nitrogens is 3. The van der Waals surface area contributed by atoms with Gasteiger partial charge in [-0.1, -0.05) is 6.92 Å². The summed E-state index contributed by atoms with van der Waals surface area (Å²) >= 11 is 0. The topological polar surface area (TPSA) is 142 Å². The number of aliphatic hydroxyl groups excluding tert-OH is 1. The molecule has 6 rings (SSSR count). The molecule has 2 amide bonds. The third-order valence-corrected chi connectivity index (χ3v) is 8.55. The fourth-order valence-corrected chi connectivity index (χ4v) is 6.17. The number of hydrogen-bond donors (Lipinski definition) is 5. The van der Waals surface area contributed by atoms with Gasteiger partial charge < -0.3 is 31.1 Å². The van der Waals surface area contributed by atoms with Crippen LogP contribution in [0.3, 0.4) is 0 Å². The van der Waals surface area contributed by atoms with E-state index in [0.29, 0.717) is 47.8 Å². The van der Waals surface area contributed by atoms with Gasteiger partial charge in [0.05, 0.1) is 31.1 Å². The predicted octanol–water partition coefficient (Wildman–Crippen LogP) is 3.48. The second-order valence-electron chi connectivity index (χ2n) is 11.4. The van der Waals surface area contributed by atoms with E-state index in [1.165, 1.54) is 31.6 Å². The first kappa shape index (κ1) is 30.4. The third-order valence-electron chi connectivity index (χ3n) is 8.55. The van der Waals surface area contributed by atoms with Gasteiger partial charge in [0.2, 0.25) is 11.7 Å². The van der Waals surface area contributed by atoms with Crippen molar-refractivity contribution in [2.24, 2.45) is 0 Å². The molecule has 2 aromatic carbocycles. The molecule has 11 nitrogen and oxygen atoms in total. The first-order valence-electron chi connectivity index (χ1n) is 15.0. The van der Waals surface area contributed by atoms with Crippen LogP contribution >= 0.6 is 0 Å². The minimum Gasteiger partial charge on any atom is -0.494 e. The van der Waals surface area contributed by atoms with E-state index in [9.17, 15) is 23.5 Å². The molecule has 2 fully saturated rings. The number of hydrogen-bond acceptors (Lipinski definition) is 8. The zero-order chi connectivity index (χ0) is 31.7. The summed E-state index contributed by atoms with van der Waals surface area (Å²) in [6, 6.07) is 7.38. The standard InChI is InChI=1S/C32H35F2N7O4/c1-3-17-13-18(7-8-20(17)31(43)39-22-5-4-6-23(22)40-32(44)24-14-19(42)15-36-24)38-29-30-37-16-25(41(30)12-11-35-29)21-9-10-26(45-2)28(34)27(21)33/h7-13,16,19,22-24,36,42H,3-6,14-15H2,1-2H3,(H,35,38)(H,39,43)(H,40,44)/t19-,22+,23-,24+/m1/s1. The summed E-state index contributed by atoms with van der Waals surface area (Å²) in [5.41, 5.74) is 2.79. The first-order valence-corrected chi connectivity index (χ1v) is 15.0. The van der Waals surface area contributed by atoms with Gasteiger partial charge in [0.15, 0.2) is 23.0 Å². The van der Waals surface area contributed by atoms with Crippen LogP contribution in [0.15, 0.2) is 48.9 Å². The van der Waals surface area contributed by atoms with E-state index in [2.05, 4.69) is 31.2 Å². The molecule has 2 aliphatic rings. The summed E-state index contributed by atoms with van der Waals surface area (Å²) in [4.78, 5) is 34.9. The molecule has 13 heteroatoms. The van der Waals surface area contributed by atoms with E-state index in [1.807, 2.05) is 13.0 Å². The average Bonchev–Trinajstić information content (AvgIpc) is 3.79. The zero-order valence-electron chi connectivity index (χ0n) is 24.9. The molecular weight excluding hydrogens is 584 g/mol. The highest BCUT2D eigenvalue weighted by Gasteiger charge is 2.34. The van der Waals surface area contributed by atoms with Crippen LogP contribution in [0, 0.1) is 11.6 Å². The molecule has 3 heterocycles. The highest BCUT2D eigenvalue weighted by atomic mass is 19.2. The number of anilines is 2. The van der Waals surface area contributed by atoms with Gasteiger partial charge in [0.1, 0.15) is 0 Å². The van der Waals surface area contributed by atoms with Crippen molar-refractivity contribution in [3.63, 3.8) is 0 Å². The van der Waals surface area contributed by atoms with Crippen LogP contribution in [0.4, 0.5) is 20.3 Å². The Morgan fingerprint density at radius 3 is 2.64 bits per heavy atom. The van der Waals surface area contributed by atoms with E-state index in [4.69, 9.17) is 4.74 Å². The number of rotatable bonds is 9. The Kier molecular flexibility index (Phi) is 8.63. The number of halogens is 2. The normalized spacial score (nSPS) is 21.2. The molecule has 4 aromatic rings. The minimum absolute atomic E-state index is 0.0275. The number of methoxy groups -OCH3 is 1. The maximum absolute atomic E-state index is 14.9. The van der Waals surface area contributed by atoms with Crippen molar-refractivity contribution in [2.75, 3.05) is 19.0 Å². The zero-order valence-corrected chi connectivity index (χ0v) is 24.9. The maximum Gasteiger partial charge on any atom is 0.251 e. The molecule has 1 aliphatic heterocycles. The number of carbonyl (C=O) groups excluding carboxylic acids is 2. The molecule has 4 atom stereocenters. The van der Waals surface area contributed by atoms with E-state index < -0.39 is 23.8 Å². The summed E-state index contributed by atoms with van der Waals surface area (Å²) in [6.07, 6.45) is 7.44. The Hall–Kier alpha value is -4.62. The smallest absolute Gasteiger partial charge is 0.251 e. The maximum atomic E-state index is 14.9. The van der Waals surface area contributed by atoms with Crippen molar-refractivity contribution >= 4 is 29.0 Å². The van der Waals surface area contributed by atoms with Gasteiger partial charge in [-0.05, 0) is 68.0 Å². The van der Waals surface area contributed by atoms with Crippen LogP contribution in [0.1, 0.15) is 48.5 Å². The van der Waals surface area contributed by atoms with Gasteiger partial charge in [0.25, 0.3) is 5.91 Å². The van der Waals surface area contributed by atoms with E-state index in [0.717, 1.165) is 24.8 Å². The molecule has 1 saturated carbocycles. The molecule has 0 spiro atoms. The molecule has 0 unspecified atom stereocenters. The van der Waals surface area contributed by atoms with Crippen LogP contribution in [-0.4, -0.2) is 69.2 Å². The minimum atomic E-state index is -1.08. The Morgan fingerprint density at radius 2 is 1.91 bits per heavy atom. The summed E-state index contributed by atoms with van der Waals surface area (Å²) in [5.74, 6) is -2.29. The Labute approximate surface area is 258 Å². The van der Waals surface area contributed by atoms with Crippen molar-refractivity contribution < 1.29 is 28.2 Å². The number of imidazole rings is 1. The van der Waals surface area contributed by atoms with Crippen LogP contribution in [0.5, 0.6) is 5.75 Å². The lowest BCUT2D eigenvalue weighted by Gasteiger charge is -2.24. The number of carbonyl (C=O) groups is 2. The number of nitrogens with one attached hydrogen (secondary N) is 4. The molecule has 0 bridgehead atoms. The van der Waals surface area contributed by atoms with Crippen LogP contribution < -0.4 is 26.0 Å². The number of fused-ring (bicyclic) bond motifs is 1. The fraction of sp³-hybridized carbons (Fsp3) is 0.375. The van der Waals surface area contributed by atoms with Crippen LogP contribution in [-0.2, 0) is 11.2 Å². The second-order valence-corrected chi connectivity index (χ2v) is 11.4. The molecule has 1 aliphatic carbocycles. The fourth-order valence-electron chi connectivity index (χ4n) is 6.17. The molecule has 1 saturated heterocycles. The number of benzene rings is 2. The molecular formula is C32H35F2N7O4. The summed E-state index contributed by atoms with van der Waals surface area (Å²) in [7, 11) is 1.27. The lowest BCUT2D eigenvalue weighted by atomic mass is 10.0. The highest BCUT2D eigenvalue weighted by molar-refractivity contribution is 5.96. The van der Waals surface area contributed by atoms with Crippen molar-refractivity contribution in [3.05, 3.63) is 71.7 Å². The summed E-state index contributed by atoms with van der Waals surface area (Å²) in [6.45, 7) is 2.35. The number of amides is 2. The number of ether oxygens (including phenoxy) is 1. The Bertz CT molecular complexity index is 1750. The van der Waals surface area contributed by atoms with E-state index in [1.54, 1.807) is 22.7 Å². The van der Waals surface area contributed by atoms with Gasteiger partial charge in [-0.3, -0.25) is 14.0 Å². The SMILES string of the molecule is CCc1cc(Nc2nccn3c(-c4ccc(OC)c(F)c4F)cnc23)ccc1C(=O)N[C@H]1CCC[C@H]1NC(=O)[C@@H]1C[C@@H](O)CN1. The molecule has 236 valence electrons. The predicted molar refractivity (Wildman–Crippen MR) is 163 cm³/mol. The summed E-state index contributed by atoms with van der Waals surface area (Å²) < 4.78 is 35.8. The molecule has 5 N–H and O–H groups in total. The quantitative estimate of drug-likeness (QED) is 0.192. The largest absolute Gasteiger partial charge is 0.494 e. The number of nitrogens with zero attached hydrogens (tertiary/aromatic N) is 3. The van der Waals surface area contributed by atoms with Crippen molar-refractivity contribution in [1.29, 1.82) is 0 Å². The van der Waals surface area contributed by atoms with Gasteiger partial charge in [0, 0.05) is 47.8 Å². The number of β-amino-alcohol motifs (C(OH)–C–C–N with tert-alkyl or cyclic N) is 1. The Morgan fingerprint density at radius 1 is 1.11 bits per heavy atom. The van der Waals surface area contributed by atoms with Crippen molar-refractivity contribution in [2.45, 2.75) is 63.3 Å². The lowest BCUT2D eigenvalue weighted by molar-refractivity contribution is -0.123. The highest BCUT2D eigenvalue weighted by Crippen LogP contribution is 2.32. The van der Waals surface area contributed by atoms with Crippen molar-refractivity contribution in [3.8, 4) is 17.0 Å².